The predicted molar refractivity (Wildman–Crippen MR) is 177 cm³/mol. The van der Waals surface area contributed by atoms with E-state index in [4.69, 9.17) is 4.42 Å². The maximum absolute atomic E-state index is 6.79. The van der Waals surface area contributed by atoms with Crippen molar-refractivity contribution in [3.63, 3.8) is 0 Å². The van der Waals surface area contributed by atoms with Crippen molar-refractivity contribution in [1.82, 2.24) is 0 Å². The molecule has 198 valence electrons. The highest BCUT2D eigenvalue weighted by Gasteiger charge is 2.20. The van der Waals surface area contributed by atoms with Gasteiger partial charge in [0.25, 0.3) is 0 Å². The van der Waals surface area contributed by atoms with E-state index in [0.29, 0.717) is 0 Å². The molecule has 1 aromatic heterocycles. The van der Waals surface area contributed by atoms with Crippen LogP contribution in [0.15, 0.2) is 168 Å². The number of fused-ring (bicyclic) bond motifs is 5. The Kier molecular flexibility index (Phi) is 5.82. The fourth-order valence-electron chi connectivity index (χ4n) is 6.00. The minimum absolute atomic E-state index is 0.876. The molecule has 0 aliphatic rings. The van der Waals surface area contributed by atoms with Gasteiger partial charge in [-0.25, -0.2) is 0 Å². The van der Waals surface area contributed by atoms with E-state index < -0.39 is 0 Å². The van der Waals surface area contributed by atoms with Crippen molar-refractivity contribution in [1.29, 1.82) is 0 Å². The number of furan rings is 1. The Balaban J connectivity index is 1.35. The van der Waals surface area contributed by atoms with Crippen molar-refractivity contribution in [2.75, 3.05) is 4.90 Å². The lowest BCUT2D eigenvalue weighted by atomic mass is 10.0. The van der Waals surface area contributed by atoms with Gasteiger partial charge in [0.2, 0.25) is 0 Å². The van der Waals surface area contributed by atoms with Gasteiger partial charge in [-0.15, -0.1) is 0 Å². The van der Waals surface area contributed by atoms with Crippen molar-refractivity contribution in [3.05, 3.63) is 164 Å². The fourth-order valence-corrected chi connectivity index (χ4v) is 6.00. The van der Waals surface area contributed by atoms with Crippen LogP contribution in [0.5, 0.6) is 0 Å². The van der Waals surface area contributed by atoms with Crippen molar-refractivity contribution >= 4 is 49.8 Å². The van der Waals surface area contributed by atoms with Crippen LogP contribution in [-0.2, 0) is 0 Å². The van der Waals surface area contributed by atoms with Gasteiger partial charge in [0.05, 0.1) is 5.69 Å². The van der Waals surface area contributed by atoms with Crippen LogP contribution in [-0.4, -0.2) is 0 Å². The Labute approximate surface area is 244 Å². The van der Waals surface area contributed by atoms with Crippen LogP contribution in [0.1, 0.15) is 0 Å². The van der Waals surface area contributed by atoms with E-state index in [-0.39, 0.29) is 0 Å². The lowest BCUT2D eigenvalue weighted by Crippen LogP contribution is -2.10. The third-order valence-corrected chi connectivity index (χ3v) is 8.05. The predicted octanol–water partition coefficient (Wildman–Crippen LogP) is 11.5. The minimum atomic E-state index is 0.876. The van der Waals surface area contributed by atoms with Gasteiger partial charge < -0.3 is 9.32 Å². The zero-order valence-electron chi connectivity index (χ0n) is 22.9. The maximum Gasteiger partial charge on any atom is 0.159 e. The van der Waals surface area contributed by atoms with E-state index >= 15 is 0 Å². The molecule has 0 fully saturated rings. The van der Waals surface area contributed by atoms with E-state index in [9.17, 15) is 0 Å². The van der Waals surface area contributed by atoms with E-state index in [1.165, 1.54) is 27.6 Å². The molecule has 0 saturated heterocycles. The topological polar surface area (TPSA) is 16.4 Å². The fraction of sp³-hybridized carbons (Fsp3) is 0. The van der Waals surface area contributed by atoms with Crippen molar-refractivity contribution in [2.45, 2.75) is 0 Å². The average Bonchev–Trinajstić information content (AvgIpc) is 3.46. The lowest BCUT2D eigenvalue weighted by molar-refractivity contribution is 0.673. The standard InChI is InChI=1S/C40H27NO/c1-3-11-28(12-4-1)30-21-24-33(25-22-30)41(34-17-9-16-32(27-34)29-13-5-2-6-14-29)38-20-10-19-36-37-26-23-31-15-7-8-18-35(31)39(37)42-40(36)38/h1-27H. The third-order valence-electron chi connectivity index (χ3n) is 8.05. The number of hydrogen-bond donors (Lipinski definition) is 0. The molecule has 8 rings (SSSR count). The molecule has 7 aromatic carbocycles. The van der Waals surface area contributed by atoms with Crippen LogP contribution < -0.4 is 4.90 Å². The summed E-state index contributed by atoms with van der Waals surface area (Å²) in [5.74, 6) is 0. The number of nitrogens with zero attached hydrogens (tertiary/aromatic N) is 1. The van der Waals surface area contributed by atoms with Gasteiger partial charge in [0, 0.05) is 27.5 Å². The zero-order chi connectivity index (χ0) is 27.9. The number of benzene rings is 7. The Morgan fingerprint density at radius 1 is 0.357 bits per heavy atom. The molecule has 0 radical (unpaired) electrons. The summed E-state index contributed by atoms with van der Waals surface area (Å²) in [7, 11) is 0. The van der Waals surface area contributed by atoms with Crippen LogP contribution in [0.4, 0.5) is 17.1 Å². The highest BCUT2D eigenvalue weighted by molar-refractivity contribution is 6.17. The third kappa shape index (κ3) is 4.13. The molecule has 0 aliphatic heterocycles. The second-order valence-corrected chi connectivity index (χ2v) is 10.6. The number of para-hydroxylation sites is 1. The Hall–Kier alpha value is -5.60. The van der Waals surface area contributed by atoms with Gasteiger partial charge in [-0.2, -0.15) is 0 Å². The van der Waals surface area contributed by atoms with Crippen LogP contribution >= 0.6 is 0 Å². The summed E-state index contributed by atoms with van der Waals surface area (Å²) in [6, 6.07) is 57.8. The molecule has 0 amide bonds. The summed E-state index contributed by atoms with van der Waals surface area (Å²) in [6.07, 6.45) is 0. The van der Waals surface area contributed by atoms with E-state index in [1.807, 2.05) is 0 Å². The molecule has 1 heterocycles. The second-order valence-electron chi connectivity index (χ2n) is 10.6. The van der Waals surface area contributed by atoms with Crippen molar-refractivity contribution in [2.24, 2.45) is 0 Å². The molecule has 0 aliphatic carbocycles. The highest BCUT2D eigenvalue weighted by atomic mass is 16.3. The van der Waals surface area contributed by atoms with Gasteiger partial charge in [-0.1, -0.05) is 127 Å². The van der Waals surface area contributed by atoms with Gasteiger partial charge in [-0.05, 0) is 64.0 Å². The molecular weight excluding hydrogens is 510 g/mol. The van der Waals surface area contributed by atoms with E-state index in [1.54, 1.807) is 0 Å². The molecule has 0 unspecified atom stereocenters. The highest BCUT2D eigenvalue weighted by Crippen LogP contribution is 2.44. The van der Waals surface area contributed by atoms with Gasteiger partial charge in [0.1, 0.15) is 5.58 Å². The molecule has 2 nitrogen and oxygen atoms in total. The summed E-state index contributed by atoms with van der Waals surface area (Å²) in [6.45, 7) is 0. The molecular formula is C40H27NO. The molecule has 2 heteroatoms. The first-order chi connectivity index (χ1) is 20.8. The van der Waals surface area contributed by atoms with Crippen molar-refractivity contribution < 1.29 is 4.42 Å². The number of hydrogen-bond acceptors (Lipinski definition) is 2. The number of rotatable bonds is 5. The molecule has 0 spiro atoms. The zero-order valence-corrected chi connectivity index (χ0v) is 22.9. The van der Waals surface area contributed by atoms with Gasteiger partial charge in [-0.3, -0.25) is 0 Å². The van der Waals surface area contributed by atoms with Crippen molar-refractivity contribution in [3.8, 4) is 22.3 Å². The van der Waals surface area contributed by atoms with Crippen LogP contribution in [0.2, 0.25) is 0 Å². The van der Waals surface area contributed by atoms with Gasteiger partial charge in [0.15, 0.2) is 5.58 Å². The molecule has 0 atom stereocenters. The average molecular weight is 538 g/mol. The molecule has 0 saturated carbocycles. The van der Waals surface area contributed by atoms with Crippen LogP contribution in [0.25, 0.3) is 55.0 Å². The lowest BCUT2D eigenvalue weighted by Gasteiger charge is -2.26. The Morgan fingerprint density at radius 2 is 0.952 bits per heavy atom. The summed E-state index contributed by atoms with van der Waals surface area (Å²) in [5.41, 5.74) is 9.69. The smallest absolute Gasteiger partial charge is 0.159 e. The summed E-state index contributed by atoms with van der Waals surface area (Å²) >= 11 is 0. The summed E-state index contributed by atoms with van der Waals surface area (Å²) in [5, 5.41) is 4.54. The Bertz CT molecular complexity index is 2180. The summed E-state index contributed by atoms with van der Waals surface area (Å²) < 4.78 is 6.79. The monoisotopic (exact) mass is 537 g/mol. The first-order valence-corrected chi connectivity index (χ1v) is 14.3. The quantitative estimate of drug-likeness (QED) is 0.217. The van der Waals surface area contributed by atoms with Gasteiger partial charge >= 0.3 is 0 Å². The molecule has 42 heavy (non-hydrogen) atoms. The largest absolute Gasteiger partial charge is 0.453 e. The minimum Gasteiger partial charge on any atom is -0.453 e. The normalized spacial score (nSPS) is 11.3. The van der Waals surface area contributed by atoms with Crippen LogP contribution in [0, 0.1) is 0 Å². The SMILES string of the molecule is c1ccc(-c2ccc(N(c3cccc(-c4ccccc4)c3)c3cccc4c3oc3c5ccccc5ccc43)cc2)cc1. The molecule has 0 bridgehead atoms. The van der Waals surface area contributed by atoms with E-state index in [2.05, 4.69) is 169 Å². The summed E-state index contributed by atoms with van der Waals surface area (Å²) in [4.78, 5) is 2.31. The maximum atomic E-state index is 6.79. The molecule has 8 aromatic rings. The second kappa shape index (κ2) is 10.1. The van der Waals surface area contributed by atoms with E-state index in [0.717, 1.165) is 44.4 Å². The van der Waals surface area contributed by atoms with Crippen LogP contribution in [0.3, 0.4) is 0 Å². The first kappa shape index (κ1) is 24.2. The molecule has 0 N–H and O–H groups in total. The Morgan fingerprint density at radius 3 is 1.74 bits per heavy atom. The number of anilines is 3. The first-order valence-electron chi connectivity index (χ1n) is 14.3.